The predicted molar refractivity (Wildman–Crippen MR) is 81.6 cm³/mol. The minimum absolute atomic E-state index is 0.314. The maximum Gasteiger partial charge on any atom is 0.125 e. The summed E-state index contributed by atoms with van der Waals surface area (Å²) in [5.74, 6) is 1.66. The summed E-state index contributed by atoms with van der Waals surface area (Å²) in [5.41, 5.74) is 2.99. The second kappa shape index (κ2) is 5.41. The molecule has 1 heterocycles. The van der Waals surface area contributed by atoms with Crippen molar-refractivity contribution in [3.63, 3.8) is 0 Å². The van der Waals surface area contributed by atoms with Gasteiger partial charge in [0.25, 0.3) is 0 Å². The van der Waals surface area contributed by atoms with Gasteiger partial charge in [0.1, 0.15) is 5.82 Å². The molecule has 106 valence electrons. The Morgan fingerprint density at radius 1 is 1.20 bits per heavy atom. The second-order valence-corrected chi connectivity index (χ2v) is 6.16. The highest BCUT2D eigenvalue weighted by Crippen LogP contribution is 2.26. The van der Waals surface area contributed by atoms with Crippen LogP contribution < -0.4 is 5.32 Å². The van der Waals surface area contributed by atoms with Gasteiger partial charge in [0.15, 0.2) is 0 Å². The number of rotatable bonds is 4. The Kier molecular flexibility index (Phi) is 3.62. The number of aromatic nitrogens is 2. The number of benzene rings is 1. The largest absolute Gasteiger partial charge is 0.337 e. The van der Waals surface area contributed by atoms with Gasteiger partial charge in [0.05, 0.1) is 6.04 Å². The number of nitrogens with zero attached hydrogens (tertiary/aromatic N) is 2. The summed E-state index contributed by atoms with van der Waals surface area (Å²) >= 11 is 0. The van der Waals surface area contributed by atoms with E-state index in [9.17, 15) is 0 Å². The Bertz CT molecular complexity index is 560. The van der Waals surface area contributed by atoms with Gasteiger partial charge in [-0.05, 0) is 29.9 Å². The van der Waals surface area contributed by atoms with Gasteiger partial charge in [-0.2, -0.15) is 0 Å². The number of fused-ring (bicyclic) bond motifs is 1. The number of hydrogen-bond acceptors (Lipinski definition) is 2. The van der Waals surface area contributed by atoms with Crippen molar-refractivity contribution in [3.8, 4) is 0 Å². The molecule has 1 N–H and O–H groups in total. The summed E-state index contributed by atoms with van der Waals surface area (Å²) in [6, 6.07) is 9.62. The van der Waals surface area contributed by atoms with Crippen LogP contribution in [0.3, 0.4) is 0 Å². The van der Waals surface area contributed by atoms with E-state index in [1.165, 1.54) is 11.1 Å². The highest BCUT2D eigenvalue weighted by molar-refractivity contribution is 5.33. The summed E-state index contributed by atoms with van der Waals surface area (Å²) in [4.78, 5) is 4.53. The molecule has 0 aliphatic heterocycles. The lowest BCUT2D eigenvalue weighted by Gasteiger charge is -2.26. The molecule has 0 radical (unpaired) electrons. The number of imidazole rings is 1. The third-order valence-corrected chi connectivity index (χ3v) is 4.27. The van der Waals surface area contributed by atoms with Crippen LogP contribution in [0.2, 0.25) is 0 Å². The summed E-state index contributed by atoms with van der Waals surface area (Å²) in [6.07, 6.45) is 6.17. The van der Waals surface area contributed by atoms with E-state index in [2.05, 4.69) is 60.0 Å². The van der Waals surface area contributed by atoms with Crippen molar-refractivity contribution in [1.82, 2.24) is 14.9 Å². The van der Waals surface area contributed by atoms with Gasteiger partial charge in [-0.15, -0.1) is 0 Å². The minimum atomic E-state index is 0.314. The molecule has 3 nitrogen and oxygen atoms in total. The Labute approximate surface area is 121 Å². The third-order valence-electron chi connectivity index (χ3n) is 4.27. The highest BCUT2D eigenvalue weighted by atomic mass is 15.1. The fourth-order valence-corrected chi connectivity index (χ4v) is 3.17. The zero-order valence-electron chi connectivity index (χ0n) is 12.5. The van der Waals surface area contributed by atoms with E-state index in [0.29, 0.717) is 18.0 Å². The van der Waals surface area contributed by atoms with E-state index >= 15 is 0 Å². The molecular formula is C17H23N3. The first kappa shape index (κ1) is 13.4. The third kappa shape index (κ3) is 2.50. The molecule has 20 heavy (non-hydrogen) atoms. The van der Waals surface area contributed by atoms with E-state index in [1.54, 1.807) is 0 Å². The molecule has 0 saturated carbocycles. The number of hydrogen-bond donors (Lipinski definition) is 1. The van der Waals surface area contributed by atoms with Gasteiger partial charge in [-0.3, -0.25) is 0 Å². The molecule has 1 aromatic carbocycles. The van der Waals surface area contributed by atoms with Gasteiger partial charge in [-0.25, -0.2) is 4.98 Å². The van der Waals surface area contributed by atoms with Crippen LogP contribution in [0.4, 0.5) is 0 Å². The van der Waals surface area contributed by atoms with Crippen molar-refractivity contribution in [2.75, 3.05) is 0 Å². The van der Waals surface area contributed by atoms with Crippen LogP contribution in [-0.4, -0.2) is 15.6 Å². The van der Waals surface area contributed by atoms with Crippen LogP contribution in [0.15, 0.2) is 36.7 Å². The standard InChI is InChI=1S/C17H23N3/c1-12(2)16(17-18-8-9-20(17)3)19-15-10-13-6-4-5-7-14(13)11-15/h4-9,12,15-16,19H,10-11H2,1-3H3/t16-/m1/s1. The first-order valence-electron chi connectivity index (χ1n) is 7.45. The SMILES string of the molecule is CC(C)[C@@H](NC1Cc2ccccc2C1)c1nccn1C. The molecule has 0 unspecified atom stereocenters. The molecule has 1 aromatic heterocycles. The topological polar surface area (TPSA) is 29.9 Å². The molecule has 1 aliphatic carbocycles. The quantitative estimate of drug-likeness (QED) is 0.925. The van der Waals surface area contributed by atoms with Crippen molar-refractivity contribution in [2.24, 2.45) is 13.0 Å². The average Bonchev–Trinajstić information content (AvgIpc) is 3.01. The van der Waals surface area contributed by atoms with Crippen LogP contribution >= 0.6 is 0 Å². The molecule has 3 heteroatoms. The Balaban J connectivity index is 1.75. The van der Waals surface area contributed by atoms with Gasteiger partial charge in [0, 0.05) is 25.5 Å². The predicted octanol–water partition coefficient (Wildman–Crippen LogP) is 2.87. The smallest absolute Gasteiger partial charge is 0.125 e. The molecule has 3 rings (SSSR count). The highest BCUT2D eigenvalue weighted by Gasteiger charge is 2.27. The molecule has 1 atom stereocenters. The first-order valence-corrected chi connectivity index (χ1v) is 7.45. The monoisotopic (exact) mass is 269 g/mol. The summed E-state index contributed by atoms with van der Waals surface area (Å²) in [6.45, 7) is 4.52. The number of nitrogens with one attached hydrogen (secondary N) is 1. The lowest BCUT2D eigenvalue weighted by atomic mass is 10.0. The maximum atomic E-state index is 4.53. The van der Waals surface area contributed by atoms with Crippen molar-refractivity contribution >= 4 is 0 Å². The molecule has 0 amide bonds. The van der Waals surface area contributed by atoms with Gasteiger partial charge >= 0.3 is 0 Å². The van der Waals surface area contributed by atoms with Gasteiger partial charge in [0.2, 0.25) is 0 Å². The zero-order chi connectivity index (χ0) is 14.1. The van der Waals surface area contributed by atoms with Gasteiger partial charge in [-0.1, -0.05) is 38.1 Å². The second-order valence-electron chi connectivity index (χ2n) is 6.16. The summed E-state index contributed by atoms with van der Waals surface area (Å²) in [7, 11) is 2.07. The Morgan fingerprint density at radius 3 is 2.35 bits per heavy atom. The molecule has 0 bridgehead atoms. The van der Waals surface area contributed by atoms with Crippen molar-refractivity contribution in [1.29, 1.82) is 0 Å². The van der Waals surface area contributed by atoms with Crippen molar-refractivity contribution < 1.29 is 0 Å². The number of aryl methyl sites for hydroxylation is 1. The van der Waals surface area contributed by atoms with Crippen LogP contribution in [0.25, 0.3) is 0 Å². The Morgan fingerprint density at radius 2 is 1.85 bits per heavy atom. The fourth-order valence-electron chi connectivity index (χ4n) is 3.17. The lowest BCUT2D eigenvalue weighted by molar-refractivity contribution is 0.343. The summed E-state index contributed by atoms with van der Waals surface area (Å²) < 4.78 is 2.12. The molecule has 0 fully saturated rings. The minimum Gasteiger partial charge on any atom is -0.337 e. The average molecular weight is 269 g/mol. The molecule has 1 aliphatic rings. The molecular weight excluding hydrogens is 246 g/mol. The van der Waals surface area contributed by atoms with E-state index in [1.807, 2.05) is 12.4 Å². The van der Waals surface area contributed by atoms with Crippen LogP contribution in [0.5, 0.6) is 0 Å². The van der Waals surface area contributed by atoms with Crippen molar-refractivity contribution in [3.05, 3.63) is 53.6 Å². The van der Waals surface area contributed by atoms with E-state index in [4.69, 9.17) is 0 Å². The first-order chi connectivity index (χ1) is 9.65. The van der Waals surface area contributed by atoms with Crippen molar-refractivity contribution in [2.45, 2.75) is 38.8 Å². The van der Waals surface area contributed by atoms with E-state index in [-0.39, 0.29) is 0 Å². The molecule has 0 spiro atoms. The zero-order valence-corrected chi connectivity index (χ0v) is 12.5. The maximum absolute atomic E-state index is 4.53. The van der Waals surface area contributed by atoms with Crippen LogP contribution in [0, 0.1) is 5.92 Å². The fraction of sp³-hybridized carbons (Fsp3) is 0.471. The Hall–Kier alpha value is -1.61. The van der Waals surface area contributed by atoms with Crippen LogP contribution in [0.1, 0.15) is 36.8 Å². The van der Waals surface area contributed by atoms with Gasteiger partial charge < -0.3 is 9.88 Å². The normalized spacial score (nSPS) is 16.6. The molecule has 2 aromatic rings. The van der Waals surface area contributed by atoms with E-state index in [0.717, 1.165) is 18.7 Å². The molecule has 0 saturated heterocycles. The lowest BCUT2D eigenvalue weighted by Crippen LogP contribution is -2.37. The van der Waals surface area contributed by atoms with E-state index < -0.39 is 0 Å². The van der Waals surface area contributed by atoms with Crippen LogP contribution in [-0.2, 0) is 19.9 Å². The summed E-state index contributed by atoms with van der Waals surface area (Å²) in [5, 5.41) is 3.82.